The molecule has 0 atom stereocenters. The summed E-state index contributed by atoms with van der Waals surface area (Å²) in [6, 6.07) is 5.59. The number of aromatic nitrogens is 2. The maximum absolute atomic E-state index is 10.8. The van der Waals surface area contributed by atoms with Crippen LogP contribution in [0.5, 0.6) is 0 Å². The van der Waals surface area contributed by atoms with Crippen molar-refractivity contribution in [2.75, 3.05) is 11.4 Å². The van der Waals surface area contributed by atoms with Crippen LogP contribution in [0.1, 0.15) is 17.4 Å². The van der Waals surface area contributed by atoms with E-state index in [9.17, 15) is 4.79 Å². The molecule has 1 N–H and O–H groups in total. The second-order valence-electron chi connectivity index (χ2n) is 3.25. The minimum Gasteiger partial charge on any atom is -0.476 e. The van der Waals surface area contributed by atoms with E-state index >= 15 is 0 Å². The molecule has 0 fully saturated rings. The molecule has 2 rings (SSSR count). The first-order valence-corrected chi connectivity index (χ1v) is 5.97. The predicted octanol–water partition coefficient (Wildman–Crippen LogP) is 2.39. The van der Waals surface area contributed by atoms with Gasteiger partial charge in [0.05, 0.1) is 0 Å². The van der Waals surface area contributed by atoms with E-state index in [0.717, 1.165) is 5.82 Å². The highest BCUT2D eigenvalue weighted by Crippen LogP contribution is 2.26. The molecule has 0 saturated heterocycles. The van der Waals surface area contributed by atoms with Crippen LogP contribution in [0.4, 0.5) is 10.9 Å². The van der Waals surface area contributed by atoms with Crippen molar-refractivity contribution in [3.05, 3.63) is 35.5 Å². The van der Waals surface area contributed by atoms with E-state index in [1.54, 1.807) is 6.20 Å². The van der Waals surface area contributed by atoms with Gasteiger partial charge in [0.25, 0.3) is 0 Å². The van der Waals surface area contributed by atoms with E-state index in [1.807, 2.05) is 30.0 Å². The fourth-order valence-electron chi connectivity index (χ4n) is 1.40. The monoisotopic (exact) mass is 249 g/mol. The summed E-state index contributed by atoms with van der Waals surface area (Å²) in [5.41, 5.74) is 0.0689. The van der Waals surface area contributed by atoms with Crippen LogP contribution in [0.2, 0.25) is 0 Å². The minimum atomic E-state index is -1.01. The SMILES string of the molecule is CCN(c1ccccn1)c1nc(C(=O)O)cs1. The molecule has 6 heteroatoms. The molecule has 0 aliphatic heterocycles. The lowest BCUT2D eigenvalue weighted by Gasteiger charge is -2.17. The minimum absolute atomic E-state index is 0.0689. The molecule has 0 amide bonds. The summed E-state index contributed by atoms with van der Waals surface area (Å²) in [4.78, 5) is 20.9. The van der Waals surface area contributed by atoms with Crippen LogP contribution in [0.25, 0.3) is 0 Å². The van der Waals surface area contributed by atoms with Gasteiger partial charge in [0.2, 0.25) is 0 Å². The van der Waals surface area contributed by atoms with Gasteiger partial charge in [-0.15, -0.1) is 11.3 Å². The molecular formula is C11H11N3O2S. The van der Waals surface area contributed by atoms with Gasteiger partial charge in [-0.05, 0) is 19.1 Å². The van der Waals surface area contributed by atoms with Crippen LogP contribution in [-0.4, -0.2) is 27.6 Å². The Morgan fingerprint density at radius 1 is 1.53 bits per heavy atom. The van der Waals surface area contributed by atoms with Crippen LogP contribution in [0, 0.1) is 0 Å². The molecule has 2 aromatic rings. The third-order valence-corrected chi connectivity index (χ3v) is 3.05. The third-order valence-electron chi connectivity index (χ3n) is 2.18. The van der Waals surface area contributed by atoms with Crippen LogP contribution >= 0.6 is 11.3 Å². The summed E-state index contributed by atoms with van der Waals surface area (Å²) in [7, 11) is 0. The molecule has 0 saturated carbocycles. The molecule has 17 heavy (non-hydrogen) atoms. The number of pyridine rings is 1. The van der Waals surface area contributed by atoms with Crippen molar-refractivity contribution in [1.82, 2.24) is 9.97 Å². The van der Waals surface area contributed by atoms with Crippen molar-refractivity contribution in [2.24, 2.45) is 0 Å². The Bertz CT molecular complexity index is 512. The van der Waals surface area contributed by atoms with Crippen LogP contribution < -0.4 is 4.90 Å². The summed E-state index contributed by atoms with van der Waals surface area (Å²) >= 11 is 1.30. The van der Waals surface area contributed by atoms with Crippen molar-refractivity contribution >= 4 is 28.3 Å². The number of anilines is 2. The normalized spacial score (nSPS) is 10.2. The van der Waals surface area contributed by atoms with Gasteiger partial charge in [-0.2, -0.15) is 0 Å². The Morgan fingerprint density at radius 2 is 2.35 bits per heavy atom. The first-order valence-electron chi connectivity index (χ1n) is 5.09. The molecule has 5 nitrogen and oxygen atoms in total. The fourth-order valence-corrected chi connectivity index (χ4v) is 2.27. The molecule has 0 spiro atoms. The number of carboxylic acid groups (broad SMARTS) is 1. The average Bonchev–Trinajstić information content (AvgIpc) is 2.81. The zero-order chi connectivity index (χ0) is 12.3. The molecule has 0 aliphatic rings. The molecule has 2 heterocycles. The Morgan fingerprint density at radius 3 is 2.88 bits per heavy atom. The van der Waals surface area contributed by atoms with E-state index in [-0.39, 0.29) is 5.69 Å². The number of aromatic carboxylic acids is 1. The Kier molecular flexibility index (Phi) is 3.34. The molecule has 0 radical (unpaired) electrons. The summed E-state index contributed by atoms with van der Waals surface area (Å²) in [6.07, 6.45) is 1.70. The van der Waals surface area contributed by atoms with Crippen molar-refractivity contribution in [2.45, 2.75) is 6.92 Å². The highest BCUT2D eigenvalue weighted by atomic mass is 32.1. The second kappa shape index (κ2) is 4.92. The smallest absolute Gasteiger partial charge is 0.355 e. The summed E-state index contributed by atoms with van der Waals surface area (Å²) in [6.45, 7) is 2.65. The molecule has 0 bridgehead atoms. The Balaban J connectivity index is 2.32. The summed E-state index contributed by atoms with van der Waals surface area (Å²) in [5, 5.41) is 11.0. The van der Waals surface area contributed by atoms with E-state index < -0.39 is 5.97 Å². The van der Waals surface area contributed by atoms with Gasteiger partial charge < -0.3 is 10.0 Å². The standard InChI is InChI=1S/C11H11N3O2S/c1-2-14(9-5-3-4-6-12-9)11-13-8(7-17-11)10(15)16/h3-7H,2H2,1H3,(H,15,16). The van der Waals surface area contributed by atoms with Crippen molar-refractivity contribution in [1.29, 1.82) is 0 Å². The maximum Gasteiger partial charge on any atom is 0.355 e. The maximum atomic E-state index is 10.8. The topological polar surface area (TPSA) is 66.3 Å². The van der Waals surface area contributed by atoms with Gasteiger partial charge in [-0.25, -0.2) is 14.8 Å². The molecule has 2 aromatic heterocycles. The van der Waals surface area contributed by atoms with E-state index in [4.69, 9.17) is 5.11 Å². The number of carboxylic acids is 1. The fraction of sp³-hybridized carbons (Fsp3) is 0.182. The molecule has 0 aliphatic carbocycles. The van der Waals surface area contributed by atoms with Crippen LogP contribution in [-0.2, 0) is 0 Å². The number of nitrogens with zero attached hydrogens (tertiary/aromatic N) is 3. The number of hydrogen-bond acceptors (Lipinski definition) is 5. The first kappa shape index (κ1) is 11.5. The zero-order valence-corrected chi connectivity index (χ0v) is 10.0. The molecule has 0 aromatic carbocycles. The number of carbonyl (C=O) groups is 1. The quantitative estimate of drug-likeness (QED) is 0.901. The van der Waals surface area contributed by atoms with Gasteiger partial charge in [0.1, 0.15) is 5.82 Å². The molecule has 0 unspecified atom stereocenters. The lowest BCUT2D eigenvalue weighted by molar-refractivity contribution is 0.0691. The van der Waals surface area contributed by atoms with Gasteiger partial charge in [-0.1, -0.05) is 6.07 Å². The number of hydrogen-bond donors (Lipinski definition) is 1. The van der Waals surface area contributed by atoms with Gasteiger partial charge >= 0.3 is 5.97 Å². The van der Waals surface area contributed by atoms with Crippen LogP contribution in [0.3, 0.4) is 0 Å². The second-order valence-corrected chi connectivity index (χ2v) is 4.09. The Hall–Kier alpha value is -1.95. The van der Waals surface area contributed by atoms with E-state index in [1.165, 1.54) is 16.7 Å². The third kappa shape index (κ3) is 2.42. The largest absolute Gasteiger partial charge is 0.476 e. The van der Waals surface area contributed by atoms with E-state index in [0.29, 0.717) is 11.7 Å². The van der Waals surface area contributed by atoms with Crippen molar-refractivity contribution in [3.8, 4) is 0 Å². The molecular weight excluding hydrogens is 238 g/mol. The first-order chi connectivity index (χ1) is 8.22. The number of thiazole rings is 1. The zero-order valence-electron chi connectivity index (χ0n) is 9.20. The van der Waals surface area contributed by atoms with Crippen molar-refractivity contribution in [3.63, 3.8) is 0 Å². The van der Waals surface area contributed by atoms with Gasteiger partial charge in [0.15, 0.2) is 10.8 Å². The lowest BCUT2D eigenvalue weighted by Crippen LogP contribution is -2.17. The highest BCUT2D eigenvalue weighted by molar-refractivity contribution is 7.14. The van der Waals surface area contributed by atoms with Crippen LogP contribution in [0.15, 0.2) is 29.8 Å². The summed E-state index contributed by atoms with van der Waals surface area (Å²) < 4.78 is 0. The van der Waals surface area contributed by atoms with Gasteiger partial charge in [0, 0.05) is 18.1 Å². The summed E-state index contributed by atoms with van der Waals surface area (Å²) in [5.74, 6) is -0.245. The number of rotatable bonds is 4. The van der Waals surface area contributed by atoms with E-state index in [2.05, 4.69) is 9.97 Å². The molecule has 88 valence electrons. The van der Waals surface area contributed by atoms with Gasteiger partial charge in [-0.3, -0.25) is 0 Å². The average molecular weight is 249 g/mol. The lowest BCUT2D eigenvalue weighted by atomic mass is 10.4. The highest BCUT2D eigenvalue weighted by Gasteiger charge is 2.15. The predicted molar refractivity (Wildman–Crippen MR) is 66.0 cm³/mol. The Labute approximate surface area is 102 Å². The van der Waals surface area contributed by atoms with Crippen molar-refractivity contribution < 1.29 is 9.90 Å².